The highest BCUT2D eigenvalue weighted by Crippen LogP contribution is 2.34. The van der Waals surface area contributed by atoms with Crippen LogP contribution in [0.15, 0.2) is 42.5 Å². The largest absolute Gasteiger partial charge is 0.205 e. The summed E-state index contributed by atoms with van der Waals surface area (Å²) in [6.07, 6.45) is 0. The summed E-state index contributed by atoms with van der Waals surface area (Å²) < 4.78 is 14.0. The smallest absolute Gasteiger partial charge is 0.146 e. The Hall–Kier alpha value is -0.860. The van der Waals surface area contributed by atoms with Crippen molar-refractivity contribution in [2.75, 3.05) is 0 Å². The Kier molecular flexibility index (Phi) is 4.64. The fourth-order valence-corrected chi connectivity index (χ4v) is 2.79. The molecule has 0 aliphatic carbocycles. The second kappa shape index (κ2) is 6.06. The lowest BCUT2D eigenvalue weighted by molar-refractivity contribution is 0.614. The maximum Gasteiger partial charge on any atom is 0.146 e. The van der Waals surface area contributed by atoms with Crippen molar-refractivity contribution in [2.45, 2.75) is 24.6 Å². The third kappa shape index (κ3) is 3.18. The van der Waals surface area contributed by atoms with E-state index < -0.39 is 0 Å². The van der Waals surface area contributed by atoms with E-state index in [4.69, 9.17) is 11.6 Å². The molecule has 0 saturated carbocycles. The molecule has 0 aliphatic heterocycles. The number of benzene rings is 2. The average Bonchev–Trinajstić information content (AvgIpc) is 2.41. The van der Waals surface area contributed by atoms with Crippen molar-refractivity contribution < 1.29 is 4.39 Å². The van der Waals surface area contributed by atoms with Gasteiger partial charge in [-0.1, -0.05) is 77.8 Å². The quantitative estimate of drug-likeness (QED) is 0.593. The third-order valence-corrected chi connectivity index (χ3v) is 4.46. The Morgan fingerprint density at radius 3 is 2.16 bits per heavy atom. The van der Waals surface area contributed by atoms with Gasteiger partial charge in [0.25, 0.3) is 0 Å². The third-order valence-electron chi connectivity index (χ3n) is 3.15. The average molecular weight is 342 g/mol. The van der Waals surface area contributed by atoms with Crippen molar-refractivity contribution >= 4 is 27.5 Å². The summed E-state index contributed by atoms with van der Waals surface area (Å²) >= 11 is 9.36. The van der Waals surface area contributed by atoms with Crippen molar-refractivity contribution in [3.63, 3.8) is 0 Å². The highest BCUT2D eigenvalue weighted by Gasteiger charge is 2.16. The molecule has 0 N–H and O–H groups in total. The minimum absolute atomic E-state index is 0.153. The van der Waals surface area contributed by atoms with E-state index in [0.29, 0.717) is 11.5 Å². The summed E-state index contributed by atoms with van der Waals surface area (Å²) in [7, 11) is 0. The minimum Gasteiger partial charge on any atom is -0.205 e. The van der Waals surface area contributed by atoms with Crippen molar-refractivity contribution in [3.8, 4) is 0 Å². The highest BCUT2D eigenvalue weighted by molar-refractivity contribution is 9.09. The van der Waals surface area contributed by atoms with Crippen LogP contribution in [0.1, 0.15) is 41.3 Å². The number of hydrogen-bond donors (Lipinski definition) is 0. The summed E-state index contributed by atoms with van der Waals surface area (Å²) in [5.74, 6) is 0.129. The molecule has 0 aromatic heterocycles. The standard InChI is InChI=1S/C16H15BrClF/c1-10(2)11-6-8-12(9-7-11)15(17)13-4-3-5-14(18)16(13)19/h3-10,15H,1-2H3. The molecule has 0 nitrogen and oxygen atoms in total. The predicted octanol–water partition coefficient (Wildman–Crippen LogP) is 6.09. The zero-order valence-corrected chi connectivity index (χ0v) is 13.2. The number of hydrogen-bond acceptors (Lipinski definition) is 0. The van der Waals surface area contributed by atoms with E-state index in [0.717, 1.165) is 5.56 Å². The van der Waals surface area contributed by atoms with E-state index in [2.05, 4.69) is 41.9 Å². The second-order valence-corrected chi connectivity index (χ2v) is 6.15. The fraction of sp³-hybridized carbons (Fsp3) is 0.250. The highest BCUT2D eigenvalue weighted by atomic mass is 79.9. The first-order valence-corrected chi connectivity index (χ1v) is 7.48. The van der Waals surface area contributed by atoms with Gasteiger partial charge in [-0.2, -0.15) is 0 Å². The molecule has 2 aromatic carbocycles. The second-order valence-electron chi connectivity index (χ2n) is 4.83. The van der Waals surface area contributed by atoms with Gasteiger partial charge in [0, 0.05) is 5.56 Å². The molecule has 2 aromatic rings. The topological polar surface area (TPSA) is 0 Å². The van der Waals surface area contributed by atoms with Crippen LogP contribution in [0.2, 0.25) is 5.02 Å². The normalized spacial score (nSPS) is 12.7. The number of halogens is 3. The van der Waals surface area contributed by atoms with E-state index in [1.807, 2.05) is 12.1 Å². The maximum absolute atomic E-state index is 14.0. The van der Waals surface area contributed by atoms with Gasteiger partial charge in [0.05, 0.1) is 9.85 Å². The fourth-order valence-electron chi connectivity index (χ4n) is 1.95. The van der Waals surface area contributed by atoms with Crippen LogP contribution in [0.25, 0.3) is 0 Å². The van der Waals surface area contributed by atoms with Gasteiger partial charge in [-0.25, -0.2) is 4.39 Å². The van der Waals surface area contributed by atoms with Gasteiger partial charge in [0.1, 0.15) is 5.82 Å². The first kappa shape index (κ1) is 14.5. The van der Waals surface area contributed by atoms with E-state index in [-0.39, 0.29) is 15.7 Å². The van der Waals surface area contributed by atoms with Gasteiger partial charge in [0.2, 0.25) is 0 Å². The van der Waals surface area contributed by atoms with Crippen LogP contribution in [0, 0.1) is 5.82 Å². The Balaban J connectivity index is 2.33. The molecule has 0 aliphatic rings. The zero-order valence-electron chi connectivity index (χ0n) is 10.8. The minimum atomic E-state index is -0.362. The molecule has 0 amide bonds. The van der Waals surface area contributed by atoms with Gasteiger partial charge >= 0.3 is 0 Å². The van der Waals surface area contributed by atoms with Crippen molar-refractivity contribution in [1.82, 2.24) is 0 Å². The Morgan fingerprint density at radius 2 is 1.58 bits per heavy atom. The maximum atomic E-state index is 14.0. The van der Waals surface area contributed by atoms with E-state index >= 15 is 0 Å². The Morgan fingerprint density at radius 1 is 1.00 bits per heavy atom. The van der Waals surface area contributed by atoms with Crippen LogP contribution in [-0.2, 0) is 0 Å². The van der Waals surface area contributed by atoms with Crippen LogP contribution in [0.3, 0.4) is 0 Å². The summed E-state index contributed by atoms with van der Waals surface area (Å²) in [6.45, 7) is 4.30. The summed E-state index contributed by atoms with van der Waals surface area (Å²) in [5, 5.41) is 0.153. The molecular weight excluding hydrogens is 327 g/mol. The monoisotopic (exact) mass is 340 g/mol. The Bertz CT molecular complexity index is 563. The molecule has 0 spiro atoms. The van der Waals surface area contributed by atoms with Crippen LogP contribution in [-0.4, -0.2) is 0 Å². The van der Waals surface area contributed by atoms with E-state index in [1.165, 1.54) is 5.56 Å². The van der Waals surface area contributed by atoms with Crippen LogP contribution in [0.4, 0.5) is 4.39 Å². The molecule has 3 heteroatoms. The predicted molar refractivity (Wildman–Crippen MR) is 82.7 cm³/mol. The molecule has 0 saturated heterocycles. The van der Waals surface area contributed by atoms with Gasteiger partial charge in [-0.05, 0) is 23.1 Å². The number of alkyl halides is 1. The van der Waals surface area contributed by atoms with Crippen molar-refractivity contribution in [1.29, 1.82) is 0 Å². The first-order valence-electron chi connectivity index (χ1n) is 6.18. The van der Waals surface area contributed by atoms with E-state index in [9.17, 15) is 4.39 Å². The molecule has 0 radical (unpaired) electrons. The van der Waals surface area contributed by atoms with Gasteiger partial charge in [-0.3, -0.25) is 0 Å². The van der Waals surface area contributed by atoms with Crippen molar-refractivity contribution in [2.24, 2.45) is 0 Å². The lowest BCUT2D eigenvalue weighted by Crippen LogP contribution is -1.98. The zero-order chi connectivity index (χ0) is 14.0. The molecule has 1 atom stereocenters. The molecule has 0 bridgehead atoms. The number of rotatable bonds is 3. The van der Waals surface area contributed by atoms with Crippen LogP contribution < -0.4 is 0 Å². The summed E-state index contributed by atoms with van der Waals surface area (Å²) in [5.41, 5.74) is 2.85. The van der Waals surface area contributed by atoms with Gasteiger partial charge in [-0.15, -0.1) is 0 Å². The summed E-state index contributed by atoms with van der Waals surface area (Å²) in [6, 6.07) is 13.3. The van der Waals surface area contributed by atoms with Crippen LogP contribution >= 0.6 is 27.5 Å². The molecule has 0 fully saturated rings. The SMILES string of the molecule is CC(C)c1ccc(C(Br)c2cccc(Cl)c2F)cc1. The first-order chi connectivity index (χ1) is 9.00. The summed E-state index contributed by atoms with van der Waals surface area (Å²) in [4.78, 5) is -0.188. The van der Waals surface area contributed by atoms with Gasteiger partial charge in [0.15, 0.2) is 0 Å². The van der Waals surface area contributed by atoms with Crippen molar-refractivity contribution in [3.05, 3.63) is 70.0 Å². The van der Waals surface area contributed by atoms with Gasteiger partial charge < -0.3 is 0 Å². The molecule has 19 heavy (non-hydrogen) atoms. The van der Waals surface area contributed by atoms with Crippen LogP contribution in [0.5, 0.6) is 0 Å². The molecule has 2 rings (SSSR count). The molecule has 0 heterocycles. The van der Waals surface area contributed by atoms with E-state index in [1.54, 1.807) is 18.2 Å². The molecular formula is C16H15BrClF. The lowest BCUT2D eigenvalue weighted by Gasteiger charge is -2.14. The molecule has 100 valence electrons. The molecule has 1 unspecified atom stereocenters. The lowest BCUT2D eigenvalue weighted by atomic mass is 9.98. The Labute approximate surface area is 126 Å².